The summed E-state index contributed by atoms with van der Waals surface area (Å²) in [5, 5.41) is 12.3. The molecular weight excluding hydrogens is 851 g/mol. The number of likely N-dealkylation sites (tertiary alicyclic amines) is 2. The maximum Gasteiger partial charge on any atom is 0.252 e. The van der Waals surface area contributed by atoms with Gasteiger partial charge in [0.1, 0.15) is 18.2 Å². The van der Waals surface area contributed by atoms with Gasteiger partial charge >= 0.3 is 0 Å². The number of likely N-dealkylation sites (N-methyl/N-ethyl adjacent to an activating group) is 2. The first-order valence-corrected chi connectivity index (χ1v) is 27.1. The highest BCUT2D eigenvalue weighted by atomic mass is 16.2. The second kappa shape index (κ2) is 24.3. The minimum atomic E-state index is -0.856. The van der Waals surface area contributed by atoms with E-state index in [1.54, 1.807) is 14.1 Å². The van der Waals surface area contributed by atoms with Crippen LogP contribution < -0.4 is 27.0 Å². The summed E-state index contributed by atoms with van der Waals surface area (Å²) in [7, 11) is 3.47. The van der Waals surface area contributed by atoms with Crippen LogP contribution in [0.1, 0.15) is 157 Å². The smallest absolute Gasteiger partial charge is 0.252 e. The molecule has 2 aromatic rings. The van der Waals surface area contributed by atoms with Gasteiger partial charge < -0.3 is 31.5 Å². The fraction of sp³-hybridized carbons (Fsp3) is 0.709. The van der Waals surface area contributed by atoms with E-state index in [-0.39, 0.29) is 53.6 Å². The summed E-state index contributed by atoms with van der Waals surface area (Å²) in [6, 6.07) is 17.3. The highest BCUT2D eigenvalue weighted by molar-refractivity contribution is 5.91. The average molecular weight is 936 g/mol. The van der Waals surface area contributed by atoms with Crippen molar-refractivity contribution in [3.05, 3.63) is 70.8 Å². The van der Waals surface area contributed by atoms with Gasteiger partial charge in [0.15, 0.2) is 0 Å². The third-order valence-corrected chi connectivity index (χ3v) is 17.2. The first-order valence-electron chi connectivity index (χ1n) is 27.1. The van der Waals surface area contributed by atoms with Gasteiger partial charge in [-0.1, -0.05) is 87.1 Å². The summed E-state index contributed by atoms with van der Waals surface area (Å²) in [4.78, 5) is 65.8. The molecule has 0 aromatic heterocycles. The third-order valence-electron chi connectivity index (χ3n) is 17.2. The maximum atomic E-state index is 14.8. The lowest BCUT2D eigenvalue weighted by atomic mass is 9.83. The molecule has 4 fully saturated rings. The van der Waals surface area contributed by atoms with Crippen LogP contribution in [-0.2, 0) is 32.0 Å². The van der Waals surface area contributed by atoms with Crippen molar-refractivity contribution in [2.45, 2.75) is 184 Å². The van der Waals surface area contributed by atoms with E-state index < -0.39 is 18.2 Å². The molecule has 6 aliphatic rings. The number of hydrogen-bond donors (Lipinski definition) is 5. The predicted octanol–water partition coefficient (Wildman–Crippen LogP) is 5.97. The predicted molar refractivity (Wildman–Crippen MR) is 269 cm³/mol. The third kappa shape index (κ3) is 12.0. The van der Waals surface area contributed by atoms with Crippen LogP contribution in [0, 0.1) is 11.8 Å². The molecule has 13 nitrogen and oxygen atoms in total. The summed E-state index contributed by atoms with van der Waals surface area (Å²) >= 11 is 0. The first kappa shape index (κ1) is 50.5. The van der Waals surface area contributed by atoms with E-state index in [0.717, 1.165) is 155 Å². The Hall–Kier alpha value is -3.88. The molecule has 2 aliphatic heterocycles. The Balaban J connectivity index is 0.979. The Kier molecular flexibility index (Phi) is 18.0. The molecule has 4 amide bonds. The molecule has 8 atom stereocenters. The Morgan fingerprint density at radius 3 is 1.47 bits per heavy atom. The summed E-state index contributed by atoms with van der Waals surface area (Å²) in [6.07, 6.45) is 20.0. The fourth-order valence-corrected chi connectivity index (χ4v) is 13.2. The fourth-order valence-electron chi connectivity index (χ4n) is 13.2. The van der Waals surface area contributed by atoms with Crippen LogP contribution in [0.5, 0.6) is 0 Å². The van der Waals surface area contributed by atoms with Crippen molar-refractivity contribution < 1.29 is 19.2 Å². The lowest BCUT2D eigenvalue weighted by Crippen LogP contribution is -2.59. The number of hydrogen-bond acceptors (Lipinski definition) is 9. The van der Waals surface area contributed by atoms with Crippen molar-refractivity contribution in [2.75, 3.05) is 53.4 Å². The number of aryl methyl sites for hydroxylation is 2. The molecule has 4 aliphatic carbocycles. The average Bonchev–Trinajstić information content (AvgIpc) is 4.22. The van der Waals surface area contributed by atoms with Gasteiger partial charge in [0.05, 0.1) is 6.04 Å². The maximum absolute atomic E-state index is 14.8. The van der Waals surface area contributed by atoms with Gasteiger partial charge in [-0.05, 0) is 158 Å². The molecule has 2 aromatic carbocycles. The van der Waals surface area contributed by atoms with Crippen LogP contribution >= 0.6 is 0 Å². The summed E-state index contributed by atoms with van der Waals surface area (Å²) in [5.74, 6) is 0.0678. The number of amides is 4. The normalized spacial score (nSPS) is 25.0. The van der Waals surface area contributed by atoms with Gasteiger partial charge in [-0.15, -0.1) is 0 Å². The Bertz CT molecular complexity index is 1850. The quantitative estimate of drug-likeness (QED) is 0.0753. The van der Waals surface area contributed by atoms with E-state index in [1.807, 2.05) is 6.92 Å². The van der Waals surface area contributed by atoms with E-state index in [2.05, 4.69) is 89.4 Å². The molecule has 6 N–H and O–H groups in total. The molecule has 8 rings (SSSR count). The van der Waals surface area contributed by atoms with E-state index in [1.165, 1.54) is 35.1 Å². The minimum absolute atomic E-state index is 0.0646. The number of benzene rings is 2. The van der Waals surface area contributed by atoms with Gasteiger partial charge in [-0.25, -0.2) is 0 Å². The number of nitrogens with one attached hydrogen (secondary N) is 4. The van der Waals surface area contributed by atoms with Crippen molar-refractivity contribution >= 4 is 23.6 Å². The number of carbonyl (C=O) groups is 4. The summed E-state index contributed by atoms with van der Waals surface area (Å²) in [5.41, 5.74) is 11.9. The van der Waals surface area contributed by atoms with E-state index in [4.69, 9.17) is 5.73 Å². The summed E-state index contributed by atoms with van der Waals surface area (Å²) in [6.45, 7) is 6.86. The lowest BCUT2D eigenvalue weighted by molar-refractivity contribution is -0.140. The number of nitrogens with zero attached hydrogens (tertiary/aromatic N) is 4. The van der Waals surface area contributed by atoms with Crippen molar-refractivity contribution in [3.63, 3.8) is 0 Å². The number of unbranched alkanes of at least 4 members (excludes halogenated alkanes) is 1. The zero-order valence-electron chi connectivity index (χ0n) is 41.8. The number of nitrogens with two attached hydrogens (primary N) is 1. The van der Waals surface area contributed by atoms with Crippen molar-refractivity contribution in [3.8, 4) is 0 Å². The number of carbonyl (C=O) groups excluding carboxylic acids is 4. The van der Waals surface area contributed by atoms with Crippen LogP contribution in [0.4, 0.5) is 0 Å². The Labute approximate surface area is 407 Å². The molecule has 0 radical (unpaired) electrons. The largest absolute Gasteiger partial charge is 0.343 e. The number of fused-ring (bicyclic) bond motifs is 2. The van der Waals surface area contributed by atoms with Gasteiger partial charge in [0, 0.05) is 50.3 Å². The second-order valence-corrected chi connectivity index (χ2v) is 21.4. The van der Waals surface area contributed by atoms with Crippen molar-refractivity contribution in [1.29, 1.82) is 0 Å². The van der Waals surface area contributed by atoms with E-state index in [9.17, 15) is 19.2 Å². The molecule has 0 spiro atoms. The van der Waals surface area contributed by atoms with E-state index >= 15 is 0 Å². The second-order valence-electron chi connectivity index (χ2n) is 21.4. The first-order chi connectivity index (χ1) is 33.1. The molecule has 2 saturated heterocycles. The Morgan fingerprint density at radius 1 is 0.588 bits per heavy atom. The standard InChI is InChI=1S/C55H85N9O4/c1-38(57-2)52(65)59-49(41-20-6-4-7-21-41)54(67)63-34-16-24-43(63)36-61(47-30-28-39-18-10-12-26-45(39)47)32-14-15-33-62(48-31-29-40-19-11-13-27-46(40)48)37-44-25-17-35-64(44)55(68)50(42-22-8-5-9-23-42)60-53(66)51(56)58-3/h10-13,18-19,26-27,38,41-44,47-51,57-58H,4-9,14-17,20-25,28-37,56H2,1-3H3,(H,59,65)(H,60,66)/t38-,43-,44-,47?,48?,49-,50-,51+/m0/s1. The highest BCUT2D eigenvalue weighted by Crippen LogP contribution is 2.40. The molecule has 0 bridgehead atoms. The van der Waals surface area contributed by atoms with Crippen molar-refractivity contribution in [1.82, 2.24) is 40.9 Å². The molecule has 374 valence electrons. The topological polar surface area (TPSA) is 155 Å². The highest BCUT2D eigenvalue weighted by Gasteiger charge is 2.42. The van der Waals surface area contributed by atoms with Crippen LogP contribution in [-0.4, -0.2) is 133 Å². The molecule has 2 unspecified atom stereocenters. The SMILES string of the molecule is CN[C@@H](C)C(=O)N[C@H](C(=O)N1CCC[C@H]1CN(CCCCN(C[C@@H]1CCCN1C(=O)[C@@H](NC(=O)[C@H](N)NC)C1CCCCC1)C1CCc2ccccc21)C1CCc2ccccc21)C1CCCCC1. The zero-order chi connectivity index (χ0) is 47.6. The Morgan fingerprint density at radius 2 is 1.03 bits per heavy atom. The molecule has 2 heterocycles. The van der Waals surface area contributed by atoms with E-state index in [0.29, 0.717) is 12.1 Å². The minimum Gasteiger partial charge on any atom is -0.343 e. The van der Waals surface area contributed by atoms with Gasteiger partial charge in [0.2, 0.25) is 17.7 Å². The van der Waals surface area contributed by atoms with Crippen LogP contribution in [0.25, 0.3) is 0 Å². The molecule has 2 saturated carbocycles. The van der Waals surface area contributed by atoms with Crippen LogP contribution in [0.15, 0.2) is 48.5 Å². The van der Waals surface area contributed by atoms with Crippen LogP contribution in [0.2, 0.25) is 0 Å². The van der Waals surface area contributed by atoms with Crippen LogP contribution in [0.3, 0.4) is 0 Å². The van der Waals surface area contributed by atoms with Gasteiger partial charge in [-0.2, -0.15) is 0 Å². The molecule has 13 heteroatoms. The monoisotopic (exact) mass is 936 g/mol. The molecule has 68 heavy (non-hydrogen) atoms. The van der Waals surface area contributed by atoms with Gasteiger partial charge in [0.25, 0.3) is 5.91 Å². The van der Waals surface area contributed by atoms with Crippen molar-refractivity contribution in [2.24, 2.45) is 17.6 Å². The van der Waals surface area contributed by atoms with Gasteiger partial charge in [-0.3, -0.25) is 34.3 Å². The summed E-state index contributed by atoms with van der Waals surface area (Å²) < 4.78 is 0. The number of rotatable bonds is 21. The lowest BCUT2D eigenvalue weighted by Gasteiger charge is -2.39. The molecular formula is C55H85N9O4. The zero-order valence-corrected chi connectivity index (χ0v) is 41.8.